The number of halogens is 1. The molecule has 0 aliphatic carbocycles. The summed E-state index contributed by atoms with van der Waals surface area (Å²) in [6.07, 6.45) is 1.01. The second-order valence-electron chi connectivity index (χ2n) is 8.23. The molecular formula is C27H23ClN2O5. The Balaban J connectivity index is 1.43. The van der Waals surface area contributed by atoms with E-state index in [1.165, 1.54) is 0 Å². The monoisotopic (exact) mass is 490 g/mol. The molecule has 3 aromatic rings. The van der Waals surface area contributed by atoms with E-state index in [1.54, 1.807) is 18.2 Å². The number of nitrogens with one attached hydrogen (secondary N) is 2. The summed E-state index contributed by atoms with van der Waals surface area (Å²) >= 11 is 6.06. The Morgan fingerprint density at radius 2 is 1.77 bits per heavy atom. The Bertz CT molecular complexity index is 1290. The van der Waals surface area contributed by atoms with Crippen LogP contribution in [0.1, 0.15) is 29.2 Å². The summed E-state index contributed by atoms with van der Waals surface area (Å²) in [5, 5.41) is 6.26. The van der Waals surface area contributed by atoms with Crippen LogP contribution in [-0.4, -0.2) is 18.8 Å². The predicted octanol–water partition coefficient (Wildman–Crippen LogP) is 5.05. The van der Waals surface area contributed by atoms with Gasteiger partial charge < -0.3 is 24.8 Å². The molecule has 0 saturated heterocycles. The van der Waals surface area contributed by atoms with Crippen molar-refractivity contribution in [2.45, 2.75) is 25.5 Å². The molecule has 5 rings (SSSR count). The van der Waals surface area contributed by atoms with Crippen LogP contribution in [0.4, 0.5) is 4.79 Å². The van der Waals surface area contributed by atoms with E-state index in [9.17, 15) is 9.59 Å². The number of allylic oxidation sites excluding steroid dienone is 1. The third kappa shape index (κ3) is 5.25. The fourth-order valence-electron chi connectivity index (χ4n) is 4.17. The van der Waals surface area contributed by atoms with Crippen LogP contribution in [0, 0.1) is 0 Å². The van der Waals surface area contributed by atoms with E-state index < -0.39 is 12.0 Å². The first-order chi connectivity index (χ1) is 17.1. The highest BCUT2D eigenvalue weighted by molar-refractivity contribution is 6.30. The van der Waals surface area contributed by atoms with Crippen molar-refractivity contribution in [3.05, 3.63) is 106 Å². The smallest absolute Gasteiger partial charge is 0.338 e. The molecule has 3 aromatic carbocycles. The van der Waals surface area contributed by atoms with Crippen molar-refractivity contribution in [2.75, 3.05) is 6.79 Å². The predicted molar refractivity (Wildman–Crippen MR) is 130 cm³/mol. The van der Waals surface area contributed by atoms with Crippen molar-refractivity contribution in [3.8, 4) is 11.5 Å². The summed E-state index contributed by atoms with van der Waals surface area (Å²) in [6.45, 7) is 0.265. The van der Waals surface area contributed by atoms with Gasteiger partial charge in [-0.25, -0.2) is 9.59 Å². The van der Waals surface area contributed by atoms with Crippen LogP contribution in [0.15, 0.2) is 84.1 Å². The lowest BCUT2D eigenvalue weighted by Crippen LogP contribution is -2.46. The van der Waals surface area contributed by atoms with Crippen LogP contribution in [0.25, 0.3) is 0 Å². The molecule has 2 amide bonds. The number of amides is 2. The average Bonchev–Trinajstić information content (AvgIpc) is 3.34. The van der Waals surface area contributed by atoms with E-state index in [0.29, 0.717) is 40.6 Å². The second kappa shape index (κ2) is 10.1. The van der Waals surface area contributed by atoms with E-state index in [4.69, 9.17) is 25.8 Å². The first kappa shape index (κ1) is 22.8. The van der Waals surface area contributed by atoms with Gasteiger partial charge in [-0.1, -0.05) is 60.1 Å². The molecule has 0 aromatic heterocycles. The van der Waals surface area contributed by atoms with E-state index in [0.717, 1.165) is 16.7 Å². The normalized spacial score (nSPS) is 16.5. The molecule has 2 heterocycles. The van der Waals surface area contributed by atoms with Gasteiger partial charge in [-0.05, 0) is 53.8 Å². The number of hydrogen-bond donors (Lipinski definition) is 2. The van der Waals surface area contributed by atoms with Gasteiger partial charge in [0.1, 0.15) is 6.61 Å². The molecule has 0 spiro atoms. The number of carbonyl (C=O) groups excluding carboxylic acids is 2. The summed E-state index contributed by atoms with van der Waals surface area (Å²) in [7, 11) is 0. The molecule has 0 saturated carbocycles. The maximum Gasteiger partial charge on any atom is 0.338 e. The topological polar surface area (TPSA) is 85.9 Å². The lowest BCUT2D eigenvalue weighted by Gasteiger charge is -2.29. The molecule has 0 radical (unpaired) electrons. The van der Waals surface area contributed by atoms with Gasteiger partial charge in [-0.15, -0.1) is 0 Å². The molecule has 2 aliphatic rings. The van der Waals surface area contributed by atoms with Crippen LogP contribution in [0.5, 0.6) is 11.5 Å². The average molecular weight is 491 g/mol. The number of carbonyl (C=O) groups is 2. The largest absolute Gasteiger partial charge is 0.457 e. The number of esters is 1. The highest BCUT2D eigenvalue weighted by atomic mass is 35.5. The minimum absolute atomic E-state index is 0.0633. The van der Waals surface area contributed by atoms with Gasteiger partial charge in [0, 0.05) is 10.7 Å². The van der Waals surface area contributed by atoms with E-state index >= 15 is 0 Å². The summed E-state index contributed by atoms with van der Waals surface area (Å²) in [5.74, 6) is 0.888. The van der Waals surface area contributed by atoms with Gasteiger partial charge in [-0.3, -0.25) is 0 Å². The fourth-order valence-corrected chi connectivity index (χ4v) is 4.38. The molecule has 8 heteroatoms. The Labute approximate surface area is 207 Å². The maximum absolute atomic E-state index is 13.4. The first-order valence-electron chi connectivity index (χ1n) is 11.2. The summed E-state index contributed by atoms with van der Waals surface area (Å²) in [4.78, 5) is 25.9. The van der Waals surface area contributed by atoms with Crippen molar-refractivity contribution in [2.24, 2.45) is 0 Å². The highest BCUT2D eigenvalue weighted by Crippen LogP contribution is 2.34. The number of fused-ring (bicyclic) bond motifs is 1. The van der Waals surface area contributed by atoms with E-state index in [1.807, 2.05) is 54.6 Å². The summed E-state index contributed by atoms with van der Waals surface area (Å²) in [5.41, 5.74) is 3.46. The fraction of sp³-hybridized carbons (Fsp3) is 0.185. The Kier molecular flexibility index (Phi) is 6.59. The summed E-state index contributed by atoms with van der Waals surface area (Å²) < 4.78 is 16.5. The third-order valence-electron chi connectivity index (χ3n) is 5.87. The van der Waals surface area contributed by atoms with E-state index in [2.05, 4.69) is 10.6 Å². The third-order valence-corrected chi connectivity index (χ3v) is 6.10. The quantitative estimate of drug-likeness (QED) is 0.452. The molecular weight excluding hydrogens is 468 g/mol. The molecule has 2 N–H and O–H groups in total. The minimum Gasteiger partial charge on any atom is -0.457 e. The lowest BCUT2D eigenvalue weighted by molar-refractivity contribution is -0.140. The van der Waals surface area contributed by atoms with Crippen LogP contribution in [0.2, 0.25) is 5.02 Å². The van der Waals surface area contributed by atoms with Gasteiger partial charge in [0.15, 0.2) is 11.5 Å². The van der Waals surface area contributed by atoms with Crippen molar-refractivity contribution in [1.29, 1.82) is 0 Å². The van der Waals surface area contributed by atoms with Gasteiger partial charge in [0.25, 0.3) is 0 Å². The Hall–Kier alpha value is -3.97. The SMILES string of the molecule is O=C1NC(CCc2ccc3c(c2)OCO3)=C(C(=O)OCc2cccc(Cl)c2)C(c2ccccc2)N1. The van der Waals surface area contributed by atoms with Gasteiger partial charge in [-0.2, -0.15) is 0 Å². The number of rotatable bonds is 7. The molecule has 35 heavy (non-hydrogen) atoms. The number of hydrogen-bond acceptors (Lipinski definition) is 5. The molecule has 0 fully saturated rings. The number of aryl methyl sites for hydroxylation is 1. The minimum atomic E-state index is -0.636. The van der Waals surface area contributed by atoms with Gasteiger partial charge in [0.05, 0.1) is 11.6 Å². The number of benzene rings is 3. The van der Waals surface area contributed by atoms with Crippen molar-refractivity contribution in [1.82, 2.24) is 10.6 Å². The van der Waals surface area contributed by atoms with Crippen LogP contribution < -0.4 is 20.1 Å². The van der Waals surface area contributed by atoms with Crippen molar-refractivity contribution in [3.63, 3.8) is 0 Å². The maximum atomic E-state index is 13.4. The van der Waals surface area contributed by atoms with E-state index in [-0.39, 0.29) is 19.4 Å². The molecule has 0 bridgehead atoms. The van der Waals surface area contributed by atoms with Crippen LogP contribution in [-0.2, 0) is 22.6 Å². The zero-order valence-electron chi connectivity index (χ0n) is 18.8. The zero-order valence-corrected chi connectivity index (χ0v) is 19.5. The lowest BCUT2D eigenvalue weighted by atomic mass is 9.93. The second-order valence-corrected chi connectivity index (χ2v) is 8.66. The van der Waals surface area contributed by atoms with Crippen LogP contribution >= 0.6 is 11.6 Å². The first-order valence-corrected chi connectivity index (χ1v) is 11.6. The molecule has 2 aliphatic heterocycles. The molecule has 178 valence electrons. The summed E-state index contributed by atoms with van der Waals surface area (Å²) in [6, 6.07) is 21.2. The molecule has 7 nitrogen and oxygen atoms in total. The number of urea groups is 1. The van der Waals surface area contributed by atoms with Gasteiger partial charge in [0.2, 0.25) is 6.79 Å². The Morgan fingerprint density at radius 1 is 0.943 bits per heavy atom. The number of ether oxygens (including phenoxy) is 3. The molecule has 1 atom stereocenters. The zero-order chi connectivity index (χ0) is 24.2. The van der Waals surface area contributed by atoms with Crippen LogP contribution in [0.3, 0.4) is 0 Å². The Morgan fingerprint density at radius 3 is 2.60 bits per heavy atom. The molecule has 1 unspecified atom stereocenters. The van der Waals surface area contributed by atoms with Crippen molar-refractivity contribution >= 4 is 23.6 Å². The van der Waals surface area contributed by atoms with Crippen molar-refractivity contribution < 1.29 is 23.8 Å². The highest BCUT2D eigenvalue weighted by Gasteiger charge is 2.33. The van der Waals surface area contributed by atoms with Gasteiger partial charge >= 0.3 is 12.0 Å². The standard InChI is InChI=1S/C27H23ClN2O5/c28-20-8-4-5-18(13-20)15-33-26(31)24-21(11-9-17-10-12-22-23(14-17)35-16-34-22)29-27(32)30-25(24)19-6-2-1-3-7-19/h1-8,10,12-14,25H,9,11,15-16H2,(H2,29,30,32).